The molecule has 0 bridgehead atoms. The highest BCUT2D eigenvalue weighted by Gasteiger charge is 2.18. The highest BCUT2D eigenvalue weighted by atomic mass is 16.5. The van der Waals surface area contributed by atoms with Crippen molar-refractivity contribution >= 4 is 11.6 Å². The van der Waals surface area contributed by atoms with Gasteiger partial charge < -0.3 is 14.6 Å². The van der Waals surface area contributed by atoms with E-state index < -0.39 is 0 Å². The van der Waals surface area contributed by atoms with Crippen molar-refractivity contribution in [3.8, 4) is 5.82 Å². The predicted molar refractivity (Wildman–Crippen MR) is 113 cm³/mol. The second kappa shape index (κ2) is 9.03. The minimum Gasteiger partial charge on any atom is -0.384 e. The monoisotopic (exact) mass is 390 g/mol. The molecule has 2 aromatic heterocycles. The zero-order chi connectivity index (χ0) is 20.1. The van der Waals surface area contributed by atoms with E-state index in [1.165, 1.54) is 16.8 Å². The Morgan fingerprint density at radius 2 is 2.10 bits per heavy atom. The Balaban J connectivity index is 1.44. The second-order valence-electron chi connectivity index (χ2n) is 7.29. The van der Waals surface area contributed by atoms with Gasteiger partial charge >= 0.3 is 0 Å². The summed E-state index contributed by atoms with van der Waals surface area (Å²) in [5.41, 5.74) is 4.70. The number of amides is 1. The van der Waals surface area contributed by atoms with Crippen LogP contribution in [-0.2, 0) is 29.0 Å². The van der Waals surface area contributed by atoms with Crippen LogP contribution < -0.4 is 5.32 Å². The van der Waals surface area contributed by atoms with Gasteiger partial charge in [0, 0.05) is 50.5 Å². The highest BCUT2D eigenvalue weighted by Crippen LogP contribution is 2.24. The number of nitrogens with one attached hydrogen (secondary N) is 1. The van der Waals surface area contributed by atoms with E-state index in [0.717, 1.165) is 37.6 Å². The van der Waals surface area contributed by atoms with Crippen molar-refractivity contribution in [2.24, 2.45) is 0 Å². The zero-order valence-corrected chi connectivity index (χ0v) is 16.7. The standard InChI is InChI=1S/C23H26N4O2/c1-29-14-10-23(28)25-20-8-7-18-9-13-26(16-19(18)15-20)17-21-5-4-12-27(21)22-6-2-3-11-24-22/h2-8,11-12,15H,9-10,13-14,16-17H2,1H3,(H,25,28). The lowest BCUT2D eigenvalue weighted by atomic mass is 9.99. The van der Waals surface area contributed by atoms with Crippen molar-refractivity contribution in [1.29, 1.82) is 0 Å². The molecule has 4 rings (SSSR count). The van der Waals surface area contributed by atoms with E-state index in [4.69, 9.17) is 4.74 Å². The number of fused-ring (bicyclic) bond motifs is 1. The molecule has 0 aliphatic carbocycles. The van der Waals surface area contributed by atoms with E-state index in [9.17, 15) is 4.79 Å². The van der Waals surface area contributed by atoms with Crippen LogP contribution in [0.1, 0.15) is 23.2 Å². The van der Waals surface area contributed by atoms with Gasteiger partial charge in [-0.25, -0.2) is 4.98 Å². The first-order chi connectivity index (χ1) is 14.2. The topological polar surface area (TPSA) is 59.4 Å². The van der Waals surface area contributed by atoms with Crippen molar-refractivity contribution < 1.29 is 9.53 Å². The Morgan fingerprint density at radius 1 is 1.17 bits per heavy atom. The fourth-order valence-corrected chi connectivity index (χ4v) is 3.74. The van der Waals surface area contributed by atoms with Crippen molar-refractivity contribution in [1.82, 2.24) is 14.5 Å². The maximum Gasteiger partial charge on any atom is 0.226 e. The number of hydrogen-bond acceptors (Lipinski definition) is 4. The van der Waals surface area contributed by atoms with Gasteiger partial charge in [-0.2, -0.15) is 0 Å². The summed E-state index contributed by atoms with van der Waals surface area (Å²) in [5, 5.41) is 2.97. The maximum absolute atomic E-state index is 12.0. The molecule has 0 saturated carbocycles. The minimum absolute atomic E-state index is 0.0207. The molecule has 3 heterocycles. The first-order valence-electron chi connectivity index (χ1n) is 9.93. The number of anilines is 1. The Morgan fingerprint density at radius 3 is 2.93 bits per heavy atom. The lowest BCUT2D eigenvalue weighted by Crippen LogP contribution is -2.31. The molecule has 6 heteroatoms. The smallest absolute Gasteiger partial charge is 0.226 e. The Labute approximate surface area is 171 Å². The third-order valence-corrected chi connectivity index (χ3v) is 5.23. The number of carbonyl (C=O) groups excluding carboxylic acids is 1. The summed E-state index contributed by atoms with van der Waals surface area (Å²) < 4.78 is 7.11. The molecule has 29 heavy (non-hydrogen) atoms. The average molecular weight is 390 g/mol. The molecule has 0 radical (unpaired) electrons. The quantitative estimate of drug-likeness (QED) is 0.672. The van der Waals surface area contributed by atoms with E-state index in [0.29, 0.717) is 13.0 Å². The fraction of sp³-hybridized carbons (Fsp3) is 0.304. The van der Waals surface area contributed by atoms with Gasteiger partial charge in [0.15, 0.2) is 0 Å². The SMILES string of the molecule is COCCC(=O)Nc1ccc2c(c1)CN(Cc1cccn1-c1ccccn1)CC2. The van der Waals surface area contributed by atoms with Crippen LogP contribution in [0.5, 0.6) is 0 Å². The number of rotatable bonds is 7. The molecule has 0 unspecified atom stereocenters. The third kappa shape index (κ3) is 4.72. The third-order valence-electron chi connectivity index (χ3n) is 5.23. The van der Waals surface area contributed by atoms with Gasteiger partial charge in [0.05, 0.1) is 13.0 Å². The molecule has 0 fully saturated rings. The molecule has 3 aromatic rings. The molecule has 6 nitrogen and oxygen atoms in total. The van der Waals surface area contributed by atoms with E-state index in [2.05, 4.69) is 50.2 Å². The summed E-state index contributed by atoms with van der Waals surface area (Å²) in [6.45, 7) is 3.17. The van der Waals surface area contributed by atoms with Crippen LogP contribution >= 0.6 is 0 Å². The van der Waals surface area contributed by atoms with Crippen molar-refractivity contribution in [3.05, 3.63) is 77.7 Å². The number of benzene rings is 1. The summed E-state index contributed by atoms with van der Waals surface area (Å²) >= 11 is 0. The average Bonchev–Trinajstić information content (AvgIpc) is 3.21. The number of aromatic nitrogens is 2. The largest absolute Gasteiger partial charge is 0.384 e. The van der Waals surface area contributed by atoms with Crippen molar-refractivity contribution in [2.45, 2.75) is 25.9 Å². The second-order valence-corrected chi connectivity index (χ2v) is 7.29. The van der Waals surface area contributed by atoms with Crippen LogP contribution in [-0.4, -0.2) is 40.6 Å². The van der Waals surface area contributed by atoms with E-state index >= 15 is 0 Å². The number of ether oxygens (including phenoxy) is 1. The fourth-order valence-electron chi connectivity index (χ4n) is 3.74. The van der Waals surface area contributed by atoms with Crippen LogP contribution in [0.25, 0.3) is 5.82 Å². The molecular weight excluding hydrogens is 364 g/mol. The lowest BCUT2D eigenvalue weighted by molar-refractivity contribution is -0.117. The molecule has 0 spiro atoms. The Hall–Kier alpha value is -2.96. The summed E-state index contributed by atoms with van der Waals surface area (Å²) in [4.78, 5) is 18.9. The number of hydrogen-bond donors (Lipinski definition) is 1. The molecule has 1 aromatic carbocycles. The van der Waals surface area contributed by atoms with Gasteiger partial charge in [-0.05, 0) is 53.9 Å². The minimum atomic E-state index is -0.0207. The molecule has 150 valence electrons. The molecule has 1 amide bonds. The summed E-state index contributed by atoms with van der Waals surface area (Å²) in [7, 11) is 1.60. The van der Waals surface area contributed by atoms with Crippen LogP contribution in [0.2, 0.25) is 0 Å². The maximum atomic E-state index is 12.0. The summed E-state index contributed by atoms with van der Waals surface area (Å²) in [5.74, 6) is 0.915. The molecular formula is C23H26N4O2. The molecule has 1 aliphatic rings. The van der Waals surface area contributed by atoms with E-state index in [1.807, 2.05) is 30.5 Å². The van der Waals surface area contributed by atoms with Gasteiger partial charge in [-0.15, -0.1) is 0 Å². The lowest BCUT2D eigenvalue weighted by Gasteiger charge is -2.29. The first kappa shape index (κ1) is 19.4. The van der Waals surface area contributed by atoms with Crippen LogP contribution in [0, 0.1) is 0 Å². The van der Waals surface area contributed by atoms with Gasteiger partial charge in [-0.1, -0.05) is 12.1 Å². The molecule has 0 atom stereocenters. The normalized spacial score (nSPS) is 13.8. The van der Waals surface area contributed by atoms with Crippen LogP contribution in [0.15, 0.2) is 60.9 Å². The Kier molecular flexibility index (Phi) is 6.03. The molecule has 1 aliphatic heterocycles. The summed E-state index contributed by atoms with van der Waals surface area (Å²) in [6.07, 6.45) is 5.25. The Bertz CT molecular complexity index is 968. The predicted octanol–water partition coefficient (Wildman–Crippen LogP) is 3.41. The van der Waals surface area contributed by atoms with E-state index in [1.54, 1.807) is 7.11 Å². The highest BCUT2D eigenvalue weighted by molar-refractivity contribution is 5.90. The van der Waals surface area contributed by atoms with Gasteiger partial charge in [-0.3, -0.25) is 9.69 Å². The number of methoxy groups -OCH3 is 1. The number of nitrogens with zero attached hydrogens (tertiary/aromatic N) is 3. The van der Waals surface area contributed by atoms with Gasteiger partial charge in [0.2, 0.25) is 5.91 Å². The van der Waals surface area contributed by atoms with Crippen molar-refractivity contribution in [2.75, 3.05) is 25.6 Å². The van der Waals surface area contributed by atoms with E-state index in [-0.39, 0.29) is 5.91 Å². The van der Waals surface area contributed by atoms with Gasteiger partial charge in [0.1, 0.15) is 5.82 Å². The van der Waals surface area contributed by atoms with Gasteiger partial charge in [0.25, 0.3) is 0 Å². The summed E-state index contributed by atoms with van der Waals surface area (Å²) in [6, 6.07) is 16.4. The van der Waals surface area contributed by atoms with Crippen LogP contribution in [0.3, 0.4) is 0 Å². The first-order valence-corrected chi connectivity index (χ1v) is 9.93. The van der Waals surface area contributed by atoms with Crippen LogP contribution in [0.4, 0.5) is 5.69 Å². The molecule has 0 saturated heterocycles. The number of carbonyl (C=O) groups is 1. The molecule has 1 N–H and O–H groups in total. The van der Waals surface area contributed by atoms with Crippen molar-refractivity contribution in [3.63, 3.8) is 0 Å². The zero-order valence-electron chi connectivity index (χ0n) is 16.7. The number of pyridine rings is 1.